The minimum atomic E-state index is -3.86. The van der Waals surface area contributed by atoms with E-state index >= 15 is 0 Å². The SMILES string of the molecule is COc1ccc(C=CC=C(C#N)S(=O)(=O)c2ccc(Cl)cc2)cc1. The molecule has 2 rings (SSSR count). The van der Waals surface area contributed by atoms with E-state index < -0.39 is 9.84 Å². The molecule has 0 aliphatic rings. The molecule has 0 N–H and O–H groups in total. The summed E-state index contributed by atoms with van der Waals surface area (Å²) in [6.45, 7) is 0. The van der Waals surface area contributed by atoms with E-state index in [1.165, 1.54) is 36.4 Å². The van der Waals surface area contributed by atoms with Gasteiger partial charge in [0.25, 0.3) is 0 Å². The first kappa shape index (κ1) is 17.8. The zero-order valence-electron chi connectivity index (χ0n) is 12.8. The van der Waals surface area contributed by atoms with Crippen molar-refractivity contribution in [1.82, 2.24) is 0 Å². The Hall–Kier alpha value is -2.55. The second kappa shape index (κ2) is 7.82. The minimum Gasteiger partial charge on any atom is -0.497 e. The second-order valence-corrected chi connectivity index (χ2v) is 7.09. The lowest BCUT2D eigenvalue weighted by atomic mass is 10.2. The van der Waals surface area contributed by atoms with Crippen LogP contribution in [0, 0.1) is 11.3 Å². The zero-order chi connectivity index (χ0) is 17.6. The number of methoxy groups -OCH3 is 1. The van der Waals surface area contributed by atoms with Crippen molar-refractivity contribution in [1.29, 1.82) is 5.26 Å². The van der Waals surface area contributed by atoms with Gasteiger partial charge in [0.05, 0.1) is 12.0 Å². The van der Waals surface area contributed by atoms with E-state index in [-0.39, 0.29) is 9.80 Å². The predicted octanol–water partition coefficient (Wildman–Crippen LogP) is 4.24. The first-order chi connectivity index (χ1) is 11.5. The van der Waals surface area contributed by atoms with Crippen molar-refractivity contribution in [3.8, 4) is 11.8 Å². The number of hydrogen-bond acceptors (Lipinski definition) is 4. The number of halogens is 1. The maximum absolute atomic E-state index is 12.4. The molecule has 0 aliphatic heterocycles. The fraction of sp³-hybridized carbons (Fsp3) is 0.0556. The van der Waals surface area contributed by atoms with Crippen LogP contribution in [-0.4, -0.2) is 15.5 Å². The molecule has 0 fully saturated rings. The average Bonchev–Trinajstić information content (AvgIpc) is 2.59. The minimum absolute atomic E-state index is 0.0255. The van der Waals surface area contributed by atoms with E-state index in [0.29, 0.717) is 5.02 Å². The summed E-state index contributed by atoms with van der Waals surface area (Å²) >= 11 is 5.75. The van der Waals surface area contributed by atoms with Gasteiger partial charge in [-0.3, -0.25) is 0 Å². The smallest absolute Gasteiger partial charge is 0.216 e. The van der Waals surface area contributed by atoms with Gasteiger partial charge in [0, 0.05) is 5.02 Å². The monoisotopic (exact) mass is 359 g/mol. The summed E-state index contributed by atoms with van der Waals surface area (Å²) in [5.41, 5.74) is 0.855. The molecular weight excluding hydrogens is 346 g/mol. The van der Waals surface area contributed by atoms with Crippen LogP contribution in [0.3, 0.4) is 0 Å². The Balaban J connectivity index is 2.26. The van der Waals surface area contributed by atoms with Crippen LogP contribution in [0.25, 0.3) is 6.08 Å². The van der Waals surface area contributed by atoms with Gasteiger partial charge < -0.3 is 4.74 Å². The van der Waals surface area contributed by atoms with Crippen LogP contribution in [0.4, 0.5) is 0 Å². The van der Waals surface area contributed by atoms with Crippen molar-refractivity contribution in [2.24, 2.45) is 0 Å². The summed E-state index contributed by atoms with van der Waals surface area (Å²) in [5, 5.41) is 9.60. The predicted molar refractivity (Wildman–Crippen MR) is 94.4 cm³/mol. The normalized spacial score (nSPS) is 12.1. The topological polar surface area (TPSA) is 67.2 Å². The van der Waals surface area contributed by atoms with E-state index in [9.17, 15) is 8.42 Å². The van der Waals surface area contributed by atoms with E-state index in [4.69, 9.17) is 21.6 Å². The Bertz CT molecular complexity index is 906. The molecule has 0 amide bonds. The van der Waals surface area contributed by atoms with Gasteiger partial charge in [-0.15, -0.1) is 0 Å². The Labute approximate surface area is 146 Å². The van der Waals surface area contributed by atoms with E-state index in [1.54, 1.807) is 31.4 Å². The van der Waals surface area contributed by atoms with Crippen LogP contribution in [0.15, 0.2) is 70.5 Å². The largest absolute Gasteiger partial charge is 0.497 e. The average molecular weight is 360 g/mol. The molecule has 0 spiro atoms. The summed E-state index contributed by atoms with van der Waals surface area (Å²) in [4.78, 5) is -0.313. The number of sulfone groups is 1. The summed E-state index contributed by atoms with van der Waals surface area (Å²) in [5.74, 6) is 0.728. The van der Waals surface area contributed by atoms with Gasteiger partial charge in [-0.2, -0.15) is 5.26 Å². The number of nitriles is 1. The number of benzene rings is 2. The molecule has 2 aromatic rings. The molecule has 0 aromatic heterocycles. The summed E-state index contributed by atoms with van der Waals surface area (Å²) in [6, 6.07) is 14.6. The summed E-state index contributed by atoms with van der Waals surface area (Å²) < 4.78 is 29.9. The molecule has 0 radical (unpaired) electrons. The highest BCUT2D eigenvalue weighted by atomic mass is 35.5. The Morgan fingerprint density at radius 2 is 1.75 bits per heavy atom. The van der Waals surface area contributed by atoms with Crippen molar-refractivity contribution in [3.05, 3.63) is 76.2 Å². The highest BCUT2D eigenvalue weighted by molar-refractivity contribution is 7.95. The van der Waals surface area contributed by atoms with Crippen LogP contribution in [-0.2, 0) is 9.84 Å². The molecule has 0 aliphatic carbocycles. The molecule has 0 saturated heterocycles. The van der Waals surface area contributed by atoms with Gasteiger partial charge >= 0.3 is 0 Å². The number of hydrogen-bond donors (Lipinski definition) is 0. The lowest BCUT2D eigenvalue weighted by molar-refractivity contribution is 0.415. The molecule has 0 heterocycles. The highest BCUT2D eigenvalue weighted by Crippen LogP contribution is 2.21. The standard InChI is InChI=1S/C18H14ClNO3S/c1-23-16-9-5-14(6-10-16)3-2-4-18(13-20)24(21,22)17-11-7-15(19)8-12-17/h2-12H,1H3. The lowest BCUT2D eigenvalue weighted by Crippen LogP contribution is -2.03. The van der Waals surface area contributed by atoms with Crippen LogP contribution in [0.1, 0.15) is 5.56 Å². The number of rotatable bonds is 5. The number of ether oxygens (including phenoxy) is 1. The van der Waals surface area contributed by atoms with E-state index in [2.05, 4.69) is 0 Å². The number of nitrogens with zero attached hydrogens (tertiary/aromatic N) is 1. The molecule has 6 heteroatoms. The van der Waals surface area contributed by atoms with Gasteiger partial charge in [-0.25, -0.2) is 8.42 Å². The molecule has 0 atom stereocenters. The quantitative estimate of drug-likeness (QED) is 0.591. The van der Waals surface area contributed by atoms with Crippen molar-refractivity contribution >= 4 is 27.5 Å². The lowest BCUT2D eigenvalue weighted by Gasteiger charge is -2.02. The third-order valence-corrected chi connectivity index (χ3v) is 5.13. The van der Waals surface area contributed by atoms with Crippen molar-refractivity contribution in [2.45, 2.75) is 4.90 Å². The van der Waals surface area contributed by atoms with Crippen molar-refractivity contribution in [2.75, 3.05) is 7.11 Å². The Morgan fingerprint density at radius 1 is 1.12 bits per heavy atom. The van der Waals surface area contributed by atoms with Crippen molar-refractivity contribution < 1.29 is 13.2 Å². The third kappa shape index (κ3) is 4.25. The molecule has 0 bridgehead atoms. The third-order valence-electron chi connectivity index (χ3n) is 3.18. The molecule has 4 nitrogen and oxygen atoms in total. The number of allylic oxidation sites excluding steroid dienone is 3. The molecule has 0 unspecified atom stereocenters. The molecule has 0 saturated carbocycles. The molecular formula is C18H14ClNO3S. The van der Waals surface area contributed by atoms with Gasteiger partial charge in [0.15, 0.2) is 0 Å². The maximum Gasteiger partial charge on any atom is 0.216 e. The maximum atomic E-state index is 12.4. The molecule has 24 heavy (non-hydrogen) atoms. The van der Waals surface area contributed by atoms with Gasteiger partial charge in [0.1, 0.15) is 16.7 Å². The first-order valence-corrected chi connectivity index (χ1v) is 8.76. The summed E-state index contributed by atoms with van der Waals surface area (Å²) in [6.07, 6.45) is 4.50. The van der Waals surface area contributed by atoms with Gasteiger partial charge in [0.2, 0.25) is 9.84 Å². The fourth-order valence-electron chi connectivity index (χ4n) is 1.89. The van der Waals surface area contributed by atoms with Gasteiger partial charge in [-0.05, 0) is 48.0 Å². The van der Waals surface area contributed by atoms with Crippen LogP contribution < -0.4 is 4.74 Å². The van der Waals surface area contributed by atoms with E-state index in [0.717, 1.165) is 11.3 Å². The molecule has 122 valence electrons. The van der Waals surface area contributed by atoms with Gasteiger partial charge in [-0.1, -0.05) is 35.9 Å². The first-order valence-electron chi connectivity index (χ1n) is 6.90. The zero-order valence-corrected chi connectivity index (χ0v) is 14.4. The Kier molecular flexibility index (Phi) is 5.80. The van der Waals surface area contributed by atoms with Crippen LogP contribution >= 0.6 is 11.6 Å². The fourth-order valence-corrected chi connectivity index (χ4v) is 3.14. The van der Waals surface area contributed by atoms with Crippen molar-refractivity contribution in [3.63, 3.8) is 0 Å². The second-order valence-electron chi connectivity index (χ2n) is 4.73. The van der Waals surface area contributed by atoms with Crippen LogP contribution in [0.2, 0.25) is 5.02 Å². The van der Waals surface area contributed by atoms with Crippen LogP contribution in [0.5, 0.6) is 5.75 Å². The summed E-state index contributed by atoms with van der Waals surface area (Å²) in [7, 11) is -2.29. The Morgan fingerprint density at radius 3 is 2.29 bits per heavy atom. The highest BCUT2D eigenvalue weighted by Gasteiger charge is 2.19. The van der Waals surface area contributed by atoms with E-state index in [1.807, 2.05) is 12.1 Å². The molecule has 2 aromatic carbocycles.